The van der Waals surface area contributed by atoms with Gasteiger partial charge in [0, 0.05) is 23.3 Å². The molecule has 90 valence electrons. The molecule has 0 aromatic carbocycles. The summed E-state index contributed by atoms with van der Waals surface area (Å²) in [6.45, 7) is -1.05. The summed E-state index contributed by atoms with van der Waals surface area (Å²) in [5.41, 5.74) is 0.558. The molecule has 0 atom stereocenters. The van der Waals surface area contributed by atoms with Gasteiger partial charge in [-0.15, -0.1) is 11.6 Å². The maximum Gasteiger partial charge on any atom is 0.405 e. The van der Waals surface area contributed by atoms with Crippen LogP contribution < -0.4 is 4.90 Å². The number of anilines is 1. The number of aromatic nitrogens is 1. The third-order valence-corrected chi connectivity index (χ3v) is 2.55. The topological polar surface area (TPSA) is 16.1 Å². The lowest BCUT2D eigenvalue weighted by Crippen LogP contribution is -2.32. The molecule has 0 bridgehead atoms. The van der Waals surface area contributed by atoms with Gasteiger partial charge in [-0.25, -0.2) is 4.98 Å². The van der Waals surface area contributed by atoms with E-state index in [4.69, 9.17) is 11.6 Å². The maximum absolute atomic E-state index is 12.2. The van der Waals surface area contributed by atoms with Crippen LogP contribution in [0.25, 0.3) is 0 Å². The van der Waals surface area contributed by atoms with Crippen molar-refractivity contribution < 1.29 is 13.2 Å². The standard InChI is InChI=1S/C9H9BrClF3N2/c1-16(5-9(12,13)14)8-6(3-11)2-7(10)4-15-8/h2,4H,3,5H2,1H3. The zero-order valence-corrected chi connectivity index (χ0v) is 10.7. The Kier molecular flexibility index (Phi) is 4.43. The van der Waals surface area contributed by atoms with Gasteiger partial charge >= 0.3 is 6.18 Å². The molecular weight excluding hydrogens is 308 g/mol. The average Bonchev–Trinajstić information content (AvgIpc) is 2.14. The van der Waals surface area contributed by atoms with Crippen LogP contribution >= 0.6 is 27.5 Å². The van der Waals surface area contributed by atoms with E-state index in [1.54, 1.807) is 6.07 Å². The summed E-state index contributed by atoms with van der Waals surface area (Å²) in [6.07, 6.45) is -2.81. The molecule has 0 unspecified atom stereocenters. The smallest absolute Gasteiger partial charge is 0.350 e. The first-order chi connectivity index (χ1) is 7.33. The third kappa shape index (κ3) is 3.83. The largest absolute Gasteiger partial charge is 0.405 e. The molecule has 0 aliphatic heterocycles. The quantitative estimate of drug-likeness (QED) is 0.792. The minimum atomic E-state index is -4.26. The molecule has 0 saturated carbocycles. The highest BCUT2D eigenvalue weighted by Crippen LogP contribution is 2.25. The van der Waals surface area contributed by atoms with Crippen molar-refractivity contribution in [3.63, 3.8) is 0 Å². The Bertz CT molecular complexity index is 370. The fourth-order valence-corrected chi connectivity index (χ4v) is 1.84. The summed E-state index contributed by atoms with van der Waals surface area (Å²) in [4.78, 5) is 4.96. The molecule has 1 rings (SSSR count). The summed E-state index contributed by atoms with van der Waals surface area (Å²) >= 11 is 8.84. The fourth-order valence-electron chi connectivity index (χ4n) is 1.26. The number of alkyl halides is 4. The Labute approximate surface area is 105 Å². The molecule has 0 aliphatic rings. The number of rotatable bonds is 3. The van der Waals surface area contributed by atoms with E-state index in [0.29, 0.717) is 10.0 Å². The lowest BCUT2D eigenvalue weighted by molar-refractivity contribution is -0.119. The third-order valence-electron chi connectivity index (χ3n) is 1.83. The van der Waals surface area contributed by atoms with Crippen LogP contribution in [-0.4, -0.2) is 24.8 Å². The zero-order valence-electron chi connectivity index (χ0n) is 8.35. The van der Waals surface area contributed by atoms with Gasteiger partial charge in [-0.05, 0) is 22.0 Å². The molecule has 1 aromatic heterocycles. The Morgan fingerprint density at radius 1 is 1.50 bits per heavy atom. The Balaban J connectivity index is 2.94. The number of nitrogens with zero attached hydrogens (tertiary/aromatic N) is 2. The van der Waals surface area contributed by atoms with Crippen molar-refractivity contribution >= 4 is 33.3 Å². The highest BCUT2D eigenvalue weighted by atomic mass is 79.9. The van der Waals surface area contributed by atoms with Gasteiger partial charge in [-0.2, -0.15) is 13.2 Å². The lowest BCUT2D eigenvalue weighted by atomic mass is 10.2. The first-order valence-electron chi connectivity index (χ1n) is 4.32. The maximum atomic E-state index is 12.2. The van der Waals surface area contributed by atoms with Crippen molar-refractivity contribution in [2.24, 2.45) is 0 Å². The van der Waals surface area contributed by atoms with Crippen molar-refractivity contribution in [1.29, 1.82) is 0 Å². The monoisotopic (exact) mass is 316 g/mol. The van der Waals surface area contributed by atoms with Crippen LogP contribution in [0.1, 0.15) is 5.56 Å². The van der Waals surface area contributed by atoms with E-state index >= 15 is 0 Å². The van der Waals surface area contributed by atoms with Crippen molar-refractivity contribution in [3.05, 3.63) is 22.3 Å². The molecule has 1 aromatic rings. The predicted octanol–water partition coefficient (Wildman–Crippen LogP) is 3.58. The van der Waals surface area contributed by atoms with Gasteiger partial charge in [-0.3, -0.25) is 0 Å². The van der Waals surface area contributed by atoms with E-state index in [-0.39, 0.29) is 11.7 Å². The molecular formula is C9H9BrClF3N2. The molecule has 2 nitrogen and oxygen atoms in total. The first-order valence-corrected chi connectivity index (χ1v) is 5.64. The molecule has 0 amide bonds. The van der Waals surface area contributed by atoms with E-state index in [1.807, 2.05) is 0 Å². The predicted molar refractivity (Wildman–Crippen MR) is 60.8 cm³/mol. The second-order valence-electron chi connectivity index (χ2n) is 3.24. The number of pyridine rings is 1. The van der Waals surface area contributed by atoms with Gasteiger partial charge in [0.15, 0.2) is 0 Å². The lowest BCUT2D eigenvalue weighted by Gasteiger charge is -2.21. The minimum Gasteiger partial charge on any atom is -0.350 e. The van der Waals surface area contributed by atoms with Crippen LogP contribution in [-0.2, 0) is 5.88 Å². The Morgan fingerprint density at radius 2 is 2.12 bits per heavy atom. The number of hydrogen-bond acceptors (Lipinski definition) is 2. The van der Waals surface area contributed by atoms with Crippen LogP contribution in [0.5, 0.6) is 0 Å². The molecule has 1 heterocycles. The number of halogens is 5. The Hall–Kier alpha value is -0.490. The fraction of sp³-hybridized carbons (Fsp3) is 0.444. The normalized spacial score (nSPS) is 11.6. The van der Waals surface area contributed by atoms with Crippen molar-refractivity contribution in [2.45, 2.75) is 12.1 Å². The molecule has 0 aliphatic carbocycles. The van der Waals surface area contributed by atoms with Gasteiger partial charge in [-0.1, -0.05) is 0 Å². The van der Waals surface area contributed by atoms with Gasteiger partial charge < -0.3 is 4.90 Å². The molecule has 16 heavy (non-hydrogen) atoms. The molecule has 0 radical (unpaired) electrons. The SMILES string of the molecule is CN(CC(F)(F)F)c1ncc(Br)cc1CCl. The van der Waals surface area contributed by atoms with Gasteiger partial charge in [0.05, 0.1) is 5.88 Å². The molecule has 0 saturated heterocycles. The number of hydrogen-bond donors (Lipinski definition) is 0. The van der Waals surface area contributed by atoms with E-state index < -0.39 is 12.7 Å². The van der Waals surface area contributed by atoms with E-state index in [1.165, 1.54) is 13.2 Å². The van der Waals surface area contributed by atoms with E-state index in [2.05, 4.69) is 20.9 Å². The summed E-state index contributed by atoms with van der Waals surface area (Å²) < 4.78 is 37.3. The van der Waals surface area contributed by atoms with Crippen LogP contribution in [0.2, 0.25) is 0 Å². The van der Waals surface area contributed by atoms with E-state index in [0.717, 1.165) is 4.90 Å². The summed E-state index contributed by atoms with van der Waals surface area (Å²) in [7, 11) is 1.33. The second kappa shape index (κ2) is 5.23. The van der Waals surface area contributed by atoms with Gasteiger partial charge in [0.25, 0.3) is 0 Å². The van der Waals surface area contributed by atoms with Crippen molar-refractivity contribution in [2.75, 3.05) is 18.5 Å². The summed E-state index contributed by atoms with van der Waals surface area (Å²) in [5, 5.41) is 0. The van der Waals surface area contributed by atoms with Gasteiger partial charge in [0.2, 0.25) is 0 Å². The minimum absolute atomic E-state index is 0.115. The van der Waals surface area contributed by atoms with Gasteiger partial charge in [0.1, 0.15) is 12.4 Å². The summed E-state index contributed by atoms with van der Waals surface area (Å²) in [6, 6.07) is 1.65. The second-order valence-corrected chi connectivity index (χ2v) is 4.42. The molecule has 7 heteroatoms. The van der Waals surface area contributed by atoms with Crippen LogP contribution in [0, 0.1) is 0 Å². The van der Waals surface area contributed by atoms with Crippen LogP contribution in [0.15, 0.2) is 16.7 Å². The zero-order chi connectivity index (χ0) is 12.3. The van der Waals surface area contributed by atoms with Crippen LogP contribution in [0.4, 0.5) is 19.0 Å². The van der Waals surface area contributed by atoms with Crippen LogP contribution in [0.3, 0.4) is 0 Å². The van der Waals surface area contributed by atoms with Crippen molar-refractivity contribution in [3.8, 4) is 0 Å². The van der Waals surface area contributed by atoms with Crippen molar-refractivity contribution in [1.82, 2.24) is 4.98 Å². The highest BCUT2D eigenvalue weighted by Gasteiger charge is 2.30. The molecule has 0 spiro atoms. The Morgan fingerprint density at radius 3 is 2.62 bits per heavy atom. The van der Waals surface area contributed by atoms with E-state index in [9.17, 15) is 13.2 Å². The molecule has 0 N–H and O–H groups in total. The summed E-state index contributed by atoms with van der Waals surface area (Å²) in [5.74, 6) is 0.361. The average molecular weight is 318 g/mol. The molecule has 0 fully saturated rings. The highest BCUT2D eigenvalue weighted by molar-refractivity contribution is 9.10. The first kappa shape index (κ1) is 13.6.